The Morgan fingerprint density at radius 3 is 2.20 bits per heavy atom. The summed E-state index contributed by atoms with van der Waals surface area (Å²) >= 11 is 0. The van der Waals surface area contributed by atoms with E-state index >= 15 is 0 Å². The van der Waals surface area contributed by atoms with E-state index in [1.807, 2.05) is 13.8 Å². The van der Waals surface area contributed by atoms with Gasteiger partial charge in [-0.25, -0.2) is 0 Å². The predicted octanol–water partition coefficient (Wildman–Crippen LogP) is 1.02. The fourth-order valence-electron chi connectivity index (χ4n) is 1.78. The van der Waals surface area contributed by atoms with Gasteiger partial charge in [-0.15, -0.1) is 0 Å². The Balaban J connectivity index is 2.44. The van der Waals surface area contributed by atoms with Crippen molar-refractivity contribution >= 4 is 0 Å². The molecule has 0 aromatic heterocycles. The third kappa shape index (κ3) is 3.96. The summed E-state index contributed by atoms with van der Waals surface area (Å²) in [5.74, 6) is 0. The molecule has 90 valence electrons. The molecule has 6 heteroatoms. The van der Waals surface area contributed by atoms with Crippen LogP contribution in [-0.2, 0) is 4.74 Å². The highest BCUT2D eigenvalue weighted by Gasteiger charge is 2.40. The molecular weight excluding hydrogens is 211 g/mol. The lowest BCUT2D eigenvalue weighted by Gasteiger charge is -2.36. The van der Waals surface area contributed by atoms with Crippen molar-refractivity contribution in [2.75, 3.05) is 19.6 Å². The number of alkyl halides is 3. The minimum absolute atomic E-state index is 0.0887. The zero-order valence-corrected chi connectivity index (χ0v) is 8.79. The molecule has 0 aromatic carbocycles. The largest absolute Gasteiger partial charge is 0.415 e. The Hall–Kier alpha value is -0.330. The van der Waals surface area contributed by atoms with Crippen molar-refractivity contribution in [2.24, 2.45) is 0 Å². The molecule has 1 fully saturated rings. The van der Waals surface area contributed by atoms with Gasteiger partial charge in [0.05, 0.1) is 12.2 Å². The monoisotopic (exact) mass is 227 g/mol. The minimum Gasteiger partial charge on any atom is -0.382 e. The van der Waals surface area contributed by atoms with Crippen LogP contribution in [0.2, 0.25) is 0 Å². The molecule has 3 nitrogen and oxygen atoms in total. The number of ether oxygens (including phenoxy) is 1. The highest BCUT2D eigenvalue weighted by Crippen LogP contribution is 2.22. The molecule has 0 amide bonds. The van der Waals surface area contributed by atoms with Crippen molar-refractivity contribution in [1.82, 2.24) is 4.90 Å². The molecule has 3 atom stereocenters. The van der Waals surface area contributed by atoms with E-state index in [4.69, 9.17) is 9.84 Å². The van der Waals surface area contributed by atoms with Crippen LogP contribution in [0.3, 0.4) is 0 Å². The van der Waals surface area contributed by atoms with E-state index < -0.39 is 12.3 Å². The molecule has 1 heterocycles. The molecule has 1 aliphatic heterocycles. The molecule has 1 N–H and O–H groups in total. The van der Waals surface area contributed by atoms with E-state index in [2.05, 4.69) is 0 Å². The average molecular weight is 227 g/mol. The normalized spacial score (nSPS) is 31.6. The smallest absolute Gasteiger partial charge is 0.382 e. The van der Waals surface area contributed by atoms with Gasteiger partial charge in [-0.2, -0.15) is 13.2 Å². The molecule has 15 heavy (non-hydrogen) atoms. The van der Waals surface area contributed by atoms with E-state index in [-0.39, 0.29) is 18.8 Å². The number of rotatable bonds is 2. The highest BCUT2D eigenvalue weighted by atomic mass is 19.4. The van der Waals surface area contributed by atoms with Crippen LogP contribution in [0, 0.1) is 0 Å². The van der Waals surface area contributed by atoms with Crippen LogP contribution in [0.25, 0.3) is 0 Å². The number of morpholine rings is 1. The molecule has 1 saturated heterocycles. The van der Waals surface area contributed by atoms with Crippen molar-refractivity contribution in [3.63, 3.8) is 0 Å². The van der Waals surface area contributed by atoms with E-state index in [1.165, 1.54) is 0 Å². The van der Waals surface area contributed by atoms with E-state index in [9.17, 15) is 13.2 Å². The van der Waals surface area contributed by atoms with Crippen molar-refractivity contribution in [2.45, 2.75) is 38.3 Å². The van der Waals surface area contributed by atoms with Gasteiger partial charge in [0.25, 0.3) is 0 Å². The Labute approximate surface area is 86.8 Å². The number of hydrogen-bond donors (Lipinski definition) is 1. The SMILES string of the molecule is C[C@@H]1CN(C[C@@H](O)C(F)(F)F)C[C@H](C)O1. The summed E-state index contributed by atoms with van der Waals surface area (Å²) in [6, 6.07) is 0. The number of nitrogens with zero attached hydrogens (tertiary/aromatic N) is 1. The molecule has 0 bridgehead atoms. The quantitative estimate of drug-likeness (QED) is 0.764. The van der Waals surface area contributed by atoms with Gasteiger partial charge in [-0.05, 0) is 13.8 Å². The lowest BCUT2D eigenvalue weighted by Crippen LogP contribution is -2.50. The van der Waals surface area contributed by atoms with Gasteiger partial charge < -0.3 is 9.84 Å². The second kappa shape index (κ2) is 4.67. The molecule has 0 aliphatic carbocycles. The molecule has 0 saturated carbocycles. The van der Waals surface area contributed by atoms with Gasteiger partial charge in [0.2, 0.25) is 0 Å². The molecule has 1 rings (SSSR count). The van der Waals surface area contributed by atoms with Crippen LogP contribution in [0.15, 0.2) is 0 Å². The number of aliphatic hydroxyl groups excluding tert-OH is 1. The fourth-order valence-corrected chi connectivity index (χ4v) is 1.78. The van der Waals surface area contributed by atoms with Crippen LogP contribution in [0.1, 0.15) is 13.8 Å². The van der Waals surface area contributed by atoms with E-state index in [0.717, 1.165) is 0 Å². The molecule has 0 radical (unpaired) electrons. The molecular formula is C9H16F3NO2. The lowest BCUT2D eigenvalue weighted by molar-refractivity contribution is -0.212. The molecule has 1 aliphatic rings. The van der Waals surface area contributed by atoms with Crippen molar-refractivity contribution in [3.8, 4) is 0 Å². The number of halogens is 3. The van der Waals surface area contributed by atoms with Crippen LogP contribution in [-0.4, -0.2) is 54.1 Å². The third-order valence-corrected chi connectivity index (χ3v) is 2.30. The Kier molecular flexibility index (Phi) is 3.97. The second-order valence-electron chi connectivity index (χ2n) is 4.03. The van der Waals surface area contributed by atoms with E-state index in [0.29, 0.717) is 13.1 Å². The highest BCUT2D eigenvalue weighted by molar-refractivity contribution is 4.77. The summed E-state index contributed by atoms with van der Waals surface area (Å²) < 4.78 is 41.7. The zero-order valence-electron chi connectivity index (χ0n) is 8.79. The summed E-state index contributed by atoms with van der Waals surface area (Å²) in [5.41, 5.74) is 0. The minimum atomic E-state index is -4.54. The van der Waals surface area contributed by atoms with Crippen LogP contribution in [0.4, 0.5) is 13.2 Å². The van der Waals surface area contributed by atoms with Crippen LogP contribution in [0.5, 0.6) is 0 Å². The summed E-state index contributed by atoms with van der Waals surface area (Å²) in [7, 11) is 0. The van der Waals surface area contributed by atoms with Gasteiger partial charge in [0.15, 0.2) is 6.10 Å². The average Bonchev–Trinajstić information content (AvgIpc) is 1.99. The molecule has 0 unspecified atom stereocenters. The van der Waals surface area contributed by atoms with Gasteiger partial charge in [0, 0.05) is 19.6 Å². The zero-order chi connectivity index (χ0) is 11.6. The Bertz CT molecular complexity index is 200. The Morgan fingerprint density at radius 1 is 1.33 bits per heavy atom. The van der Waals surface area contributed by atoms with Gasteiger partial charge in [0.1, 0.15) is 0 Å². The Morgan fingerprint density at radius 2 is 1.80 bits per heavy atom. The first kappa shape index (κ1) is 12.7. The maximum absolute atomic E-state index is 12.1. The van der Waals surface area contributed by atoms with Gasteiger partial charge in [-0.3, -0.25) is 4.90 Å². The predicted molar refractivity (Wildman–Crippen MR) is 48.5 cm³/mol. The van der Waals surface area contributed by atoms with E-state index in [1.54, 1.807) is 4.90 Å². The summed E-state index contributed by atoms with van der Waals surface area (Å²) in [6.07, 6.45) is -6.98. The van der Waals surface area contributed by atoms with Crippen LogP contribution >= 0.6 is 0 Å². The number of hydrogen-bond acceptors (Lipinski definition) is 3. The number of β-amino-alcohol motifs (C(OH)–C–C–N with tert-alkyl or cyclic N) is 1. The van der Waals surface area contributed by atoms with Crippen molar-refractivity contribution < 1.29 is 23.0 Å². The van der Waals surface area contributed by atoms with Crippen LogP contribution < -0.4 is 0 Å². The fraction of sp³-hybridized carbons (Fsp3) is 1.00. The topological polar surface area (TPSA) is 32.7 Å². The van der Waals surface area contributed by atoms with Gasteiger partial charge in [-0.1, -0.05) is 0 Å². The molecule has 0 spiro atoms. The first-order chi connectivity index (χ1) is 6.79. The lowest BCUT2D eigenvalue weighted by atomic mass is 10.2. The van der Waals surface area contributed by atoms with Gasteiger partial charge >= 0.3 is 6.18 Å². The summed E-state index contributed by atoms with van der Waals surface area (Å²) in [6.45, 7) is 4.10. The summed E-state index contributed by atoms with van der Waals surface area (Å²) in [4.78, 5) is 1.58. The number of aliphatic hydroxyl groups is 1. The first-order valence-corrected chi connectivity index (χ1v) is 4.91. The maximum atomic E-state index is 12.1. The first-order valence-electron chi connectivity index (χ1n) is 4.91. The maximum Gasteiger partial charge on any atom is 0.415 e. The standard InChI is InChI=1S/C9H16F3NO2/c1-6-3-13(4-7(2)15-6)5-8(14)9(10,11)12/h6-8,14H,3-5H2,1-2H3/t6-,7+,8-/m1/s1. The second-order valence-corrected chi connectivity index (χ2v) is 4.03. The van der Waals surface area contributed by atoms with Crippen molar-refractivity contribution in [1.29, 1.82) is 0 Å². The van der Waals surface area contributed by atoms with Crippen molar-refractivity contribution in [3.05, 3.63) is 0 Å². The summed E-state index contributed by atoms with van der Waals surface area (Å²) in [5, 5.41) is 8.90. The third-order valence-electron chi connectivity index (χ3n) is 2.30. The molecule has 0 aromatic rings.